The van der Waals surface area contributed by atoms with E-state index in [0.29, 0.717) is 33.8 Å². The number of nitrogen functional groups attached to an aromatic ring is 1. The summed E-state index contributed by atoms with van der Waals surface area (Å²) in [6, 6.07) is 4.82. The molecule has 0 saturated carbocycles. The number of carbonyl (C=O) groups excluding carboxylic acids is 1. The number of hydrogen-bond donors (Lipinski definition) is 2. The number of rotatable bonds is 3. The molecule has 112 valence electrons. The van der Waals surface area contributed by atoms with Crippen LogP contribution in [-0.4, -0.2) is 20.4 Å². The van der Waals surface area contributed by atoms with Gasteiger partial charge < -0.3 is 15.6 Å². The van der Waals surface area contributed by atoms with E-state index >= 15 is 0 Å². The Morgan fingerprint density at radius 3 is 3.00 bits per heavy atom. The predicted molar refractivity (Wildman–Crippen MR) is 84.7 cm³/mol. The Balaban J connectivity index is 1.82. The summed E-state index contributed by atoms with van der Waals surface area (Å²) in [6.45, 7) is 0.300. The minimum absolute atomic E-state index is 0.144. The quantitative estimate of drug-likeness (QED) is 0.747. The van der Waals surface area contributed by atoms with Gasteiger partial charge in [-0.05, 0) is 18.2 Å². The molecule has 3 aromatic rings. The van der Waals surface area contributed by atoms with Crippen molar-refractivity contribution in [2.24, 2.45) is 7.05 Å². The van der Waals surface area contributed by atoms with Crippen LogP contribution in [0.25, 0.3) is 10.9 Å². The van der Waals surface area contributed by atoms with Crippen molar-refractivity contribution in [2.75, 3.05) is 5.73 Å². The lowest BCUT2D eigenvalue weighted by Crippen LogP contribution is -2.23. The third-order valence-corrected chi connectivity index (χ3v) is 3.90. The number of benzene rings is 1. The molecular formula is C14H13N5O2S. The molecule has 22 heavy (non-hydrogen) atoms. The number of aryl methyl sites for hydroxylation is 1. The van der Waals surface area contributed by atoms with Crippen LogP contribution in [-0.2, 0) is 13.6 Å². The average Bonchev–Trinajstić information content (AvgIpc) is 2.94. The number of fused-ring (bicyclic) bond motifs is 1. The summed E-state index contributed by atoms with van der Waals surface area (Å²) in [5, 5.41) is 5.50. The van der Waals surface area contributed by atoms with Gasteiger partial charge in [-0.15, -0.1) is 11.3 Å². The molecule has 0 saturated heterocycles. The number of nitrogens with two attached hydrogens (primary N) is 1. The Bertz CT molecular complexity index is 915. The van der Waals surface area contributed by atoms with Crippen molar-refractivity contribution in [1.29, 1.82) is 0 Å². The van der Waals surface area contributed by atoms with Crippen LogP contribution in [0.1, 0.15) is 16.1 Å². The smallest absolute Gasteiger partial charge is 0.260 e. The maximum Gasteiger partial charge on any atom is 0.260 e. The topological polar surface area (TPSA) is 103 Å². The summed E-state index contributed by atoms with van der Waals surface area (Å²) in [4.78, 5) is 32.3. The van der Waals surface area contributed by atoms with Crippen molar-refractivity contribution in [3.8, 4) is 0 Å². The zero-order valence-electron chi connectivity index (χ0n) is 11.7. The molecule has 7 nitrogen and oxygen atoms in total. The molecule has 0 aliphatic heterocycles. The van der Waals surface area contributed by atoms with Crippen LogP contribution in [0.15, 0.2) is 34.7 Å². The Kier molecular flexibility index (Phi) is 3.60. The molecule has 0 aliphatic carbocycles. The van der Waals surface area contributed by atoms with Crippen molar-refractivity contribution < 1.29 is 4.79 Å². The Labute approximate surface area is 129 Å². The highest BCUT2D eigenvalue weighted by Gasteiger charge is 2.09. The van der Waals surface area contributed by atoms with Gasteiger partial charge >= 0.3 is 0 Å². The normalized spacial score (nSPS) is 10.8. The first-order valence-corrected chi connectivity index (χ1v) is 7.36. The molecule has 3 N–H and O–H groups in total. The summed E-state index contributed by atoms with van der Waals surface area (Å²) in [7, 11) is 1.63. The fraction of sp³-hybridized carbons (Fsp3) is 0.143. The SMILES string of the molecule is Cn1cnc2cc(C(=O)NCc3csc(N)n3)ccc2c1=O. The first kappa shape index (κ1) is 14.2. The van der Waals surface area contributed by atoms with Crippen LogP contribution in [0.2, 0.25) is 0 Å². The van der Waals surface area contributed by atoms with Gasteiger partial charge in [0.05, 0.1) is 29.5 Å². The Morgan fingerprint density at radius 2 is 2.27 bits per heavy atom. The van der Waals surface area contributed by atoms with Gasteiger partial charge in [0, 0.05) is 18.0 Å². The number of nitrogens with one attached hydrogen (secondary N) is 1. The van der Waals surface area contributed by atoms with Gasteiger partial charge in [0.1, 0.15) is 0 Å². The first-order valence-electron chi connectivity index (χ1n) is 6.48. The van der Waals surface area contributed by atoms with E-state index in [4.69, 9.17) is 5.73 Å². The lowest BCUT2D eigenvalue weighted by Gasteiger charge is -2.05. The summed E-state index contributed by atoms with van der Waals surface area (Å²) in [5.74, 6) is -0.254. The van der Waals surface area contributed by atoms with E-state index in [1.54, 1.807) is 30.6 Å². The van der Waals surface area contributed by atoms with Gasteiger partial charge in [-0.2, -0.15) is 0 Å². The van der Waals surface area contributed by atoms with Crippen molar-refractivity contribution in [2.45, 2.75) is 6.54 Å². The van der Waals surface area contributed by atoms with Gasteiger partial charge in [-0.1, -0.05) is 0 Å². The van der Waals surface area contributed by atoms with E-state index in [2.05, 4.69) is 15.3 Å². The Hall–Kier alpha value is -2.74. The molecule has 0 atom stereocenters. The molecule has 0 bridgehead atoms. The highest BCUT2D eigenvalue weighted by molar-refractivity contribution is 7.13. The number of anilines is 1. The zero-order chi connectivity index (χ0) is 15.7. The fourth-order valence-corrected chi connectivity index (χ4v) is 2.59. The van der Waals surface area contributed by atoms with Crippen LogP contribution in [0.3, 0.4) is 0 Å². The number of amides is 1. The summed E-state index contributed by atoms with van der Waals surface area (Å²) in [6.07, 6.45) is 1.43. The molecule has 0 aliphatic rings. The molecule has 3 rings (SSSR count). The van der Waals surface area contributed by atoms with Gasteiger partial charge in [-0.25, -0.2) is 9.97 Å². The molecule has 1 amide bonds. The molecular weight excluding hydrogens is 302 g/mol. The Morgan fingerprint density at radius 1 is 1.45 bits per heavy atom. The second-order valence-corrected chi connectivity index (χ2v) is 5.64. The van der Waals surface area contributed by atoms with E-state index in [1.165, 1.54) is 22.2 Å². The molecule has 0 spiro atoms. The third kappa shape index (κ3) is 2.68. The minimum atomic E-state index is -0.254. The number of aromatic nitrogens is 3. The van der Waals surface area contributed by atoms with Crippen LogP contribution >= 0.6 is 11.3 Å². The third-order valence-electron chi connectivity index (χ3n) is 3.18. The van der Waals surface area contributed by atoms with Crippen molar-refractivity contribution in [3.63, 3.8) is 0 Å². The lowest BCUT2D eigenvalue weighted by atomic mass is 10.1. The molecule has 0 unspecified atom stereocenters. The number of hydrogen-bond acceptors (Lipinski definition) is 6. The van der Waals surface area contributed by atoms with Crippen molar-refractivity contribution in [3.05, 3.63) is 51.5 Å². The summed E-state index contributed by atoms with van der Waals surface area (Å²) in [5.41, 5.74) is 7.04. The van der Waals surface area contributed by atoms with Crippen LogP contribution < -0.4 is 16.6 Å². The van der Waals surface area contributed by atoms with Crippen molar-refractivity contribution in [1.82, 2.24) is 19.9 Å². The maximum atomic E-state index is 12.1. The molecule has 2 aromatic heterocycles. The van der Waals surface area contributed by atoms with E-state index in [9.17, 15) is 9.59 Å². The molecule has 1 aromatic carbocycles. The van der Waals surface area contributed by atoms with E-state index in [1.807, 2.05) is 0 Å². The molecule has 0 fully saturated rings. The van der Waals surface area contributed by atoms with E-state index in [0.717, 1.165) is 0 Å². The number of nitrogens with zero attached hydrogens (tertiary/aromatic N) is 3. The van der Waals surface area contributed by atoms with Crippen LogP contribution in [0, 0.1) is 0 Å². The van der Waals surface area contributed by atoms with E-state index < -0.39 is 0 Å². The molecule has 8 heteroatoms. The standard InChI is InChI=1S/C14H13N5O2S/c1-19-7-17-11-4-8(2-3-10(11)13(19)21)12(20)16-5-9-6-22-14(15)18-9/h2-4,6-7H,5H2,1H3,(H2,15,18)(H,16,20). The predicted octanol–water partition coefficient (Wildman–Crippen LogP) is 0.902. The van der Waals surface area contributed by atoms with Gasteiger partial charge in [0.25, 0.3) is 11.5 Å². The van der Waals surface area contributed by atoms with Crippen LogP contribution in [0.4, 0.5) is 5.13 Å². The first-order chi connectivity index (χ1) is 10.5. The fourth-order valence-electron chi connectivity index (χ4n) is 2.03. The maximum absolute atomic E-state index is 12.1. The zero-order valence-corrected chi connectivity index (χ0v) is 12.6. The molecule has 0 radical (unpaired) electrons. The molecule has 2 heterocycles. The number of thiazole rings is 1. The van der Waals surface area contributed by atoms with E-state index in [-0.39, 0.29) is 11.5 Å². The second-order valence-electron chi connectivity index (χ2n) is 4.75. The minimum Gasteiger partial charge on any atom is -0.375 e. The van der Waals surface area contributed by atoms with Gasteiger partial charge in [0.15, 0.2) is 5.13 Å². The monoisotopic (exact) mass is 315 g/mol. The lowest BCUT2D eigenvalue weighted by molar-refractivity contribution is 0.0950. The summed E-state index contributed by atoms with van der Waals surface area (Å²) < 4.78 is 1.40. The highest BCUT2D eigenvalue weighted by Crippen LogP contribution is 2.12. The van der Waals surface area contributed by atoms with Crippen molar-refractivity contribution >= 4 is 33.3 Å². The summed E-state index contributed by atoms with van der Waals surface area (Å²) >= 11 is 1.33. The van der Waals surface area contributed by atoms with Gasteiger partial charge in [-0.3, -0.25) is 9.59 Å². The second kappa shape index (κ2) is 5.57. The average molecular weight is 315 g/mol. The van der Waals surface area contributed by atoms with Gasteiger partial charge in [0.2, 0.25) is 0 Å². The van der Waals surface area contributed by atoms with Crippen LogP contribution in [0.5, 0.6) is 0 Å². The largest absolute Gasteiger partial charge is 0.375 e. The highest BCUT2D eigenvalue weighted by atomic mass is 32.1. The number of carbonyl (C=O) groups is 1.